The van der Waals surface area contributed by atoms with E-state index in [0.717, 1.165) is 22.3 Å². The van der Waals surface area contributed by atoms with Crippen LogP contribution in [-0.4, -0.2) is 10.9 Å². The lowest BCUT2D eigenvalue weighted by Crippen LogP contribution is -1.92. The first-order valence-corrected chi connectivity index (χ1v) is 5.97. The fourth-order valence-corrected chi connectivity index (χ4v) is 1.85. The summed E-state index contributed by atoms with van der Waals surface area (Å²) in [5, 5.41) is 9.45. The second-order valence-corrected chi connectivity index (χ2v) is 4.43. The number of hydrogen-bond acceptors (Lipinski definition) is 2. The molecule has 18 heavy (non-hydrogen) atoms. The van der Waals surface area contributed by atoms with Crippen LogP contribution < -0.4 is 0 Å². The van der Waals surface area contributed by atoms with E-state index in [2.05, 4.69) is 0 Å². The molecule has 0 saturated carbocycles. The zero-order valence-corrected chi connectivity index (χ0v) is 10.6. The van der Waals surface area contributed by atoms with Crippen molar-refractivity contribution < 1.29 is 9.90 Å². The van der Waals surface area contributed by atoms with Crippen molar-refractivity contribution in [3.63, 3.8) is 0 Å². The van der Waals surface area contributed by atoms with Gasteiger partial charge in [-0.15, -0.1) is 0 Å². The lowest BCUT2D eigenvalue weighted by atomic mass is 10.0. The summed E-state index contributed by atoms with van der Waals surface area (Å²) in [5.74, 6) is 0.0750. The summed E-state index contributed by atoms with van der Waals surface area (Å²) in [6, 6.07) is 15.3. The summed E-state index contributed by atoms with van der Waals surface area (Å²) in [7, 11) is 0. The third kappa shape index (κ3) is 2.66. The van der Waals surface area contributed by atoms with Crippen LogP contribution >= 0.6 is 0 Å². The van der Waals surface area contributed by atoms with Crippen molar-refractivity contribution in [2.75, 3.05) is 0 Å². The van der Waals surface area contributed by atoms with Crippen molar-refractivity contribution >= 4 is 5.78 Å². The average Bonchev–Trinajstić information content (AvgIpc) is 2.39. The van der Waals surface area contributed by atoms with Gasteiger partial charge in [-0.1, -0.05) is 48.5 Å². The van der Waals surface area contributed by atoms with Gasteiger partial charge in [0.15, 0.2) is 5.78 Å². The van der Waals surface area contributed by atoms with Crippen LogP contribution in [0, 0.1) is 0 Å². The molecule has 0 saturated heterocycles. The van der Waals surface area contributed by atoms with E-state index < -0.39 is 6.10 Å². The molecule has 0 aliphatic carbocycles. The molecule has 0 bridgehead atoms. The molecule has 92 valence electrons. The lowest BCUT2D eigenvalue weighted by Gasteiger charge is -2.07. The van der Waals surface area contributed by atoms with Crippen LogP contribution in [0.15, 0.2) is 48.5 Å². The van der Waals surface area contributed by atoms with Crippen molar-refractivity contribution in [2.24, 2.45) is 0 Å². The summed E-state index contributed by atoms with van der Waals surface area (Å²) in [4.78, 5) is 11.2. The number of Topliss-reactive ketones (excluding diaryl/α,β-unsaturated/α-hetero) is 1. The van der Waals surface area contributed by atoms with Gasteiger partial charge in [-0.3, -0.25) is 4.79 Å². The smallest absolute Gasteiger partial charge is 0.159 e. The molecule has 1 atom stereocenters. The van der Waals surface area contributed by atoms with Gasteiger partial charge >= 0.3 is 0 Å². The first kappa shape index (κ1) is 12.5. The Kier molecular flexibility index (Phi) is 3.58. The third-order valence-corrected chi connectivity index (χ3v) is 3.02. The molecule has 2 heteroatoms. The molecule has 2 rings (SSSR count). The van der Waals surface area contributed by atoms with Gasteiger partial charge < -0.3 is 5.11 Å². The number of benzene rings is 2. The average molecular weight is 240 g/mol. The van der Waals surface area contributed by atoms with Gasteiger partial charge in [0.25, 0.3) is 0 Å². The minimum atomic E-state index is -0.445. The molecule has 0 fully saturated rings. The number of ketones is 1. The lowest BCUT2D eigenvalue weighted by molar-refractivity contribution is 0.101. The Hall–Kier alpha value is -1.93. The maximum Gasteiger partial charge on any atom is 0.159 e. The van der Waals surface area contributed by atoms with Gasteiger partial charge in [0.1, 0.15) is 0 Å². The molecule has 0 radical (unpaired) electrons. The van der Waals surface area contributed by atoms with E-state index >= 15 is 0 Å². The summed E-state index contributed by atoms with van der Waals surface area (Å²) < 4.78 is 0. The van der Waals surface area contributed by atoms with E-state index in [-0.39, 0.29) is 5.78 Å². The molecule has 1 N–H and O–H groups in total. The summed E-state index contributed by atoms with van der Waals surface area (Å²) in [6.07, 6.45) is -0.445. The van der Waals surface area contributed by atoms with Crippen LogP contribution in [0.4, 0.5) is 0 Å². The van der Waals surface area contributed by atoms with E-state index in [1.165, 1.54) is 0 Å². The number of rotatable bonds is 3. The molecular formula is C16H16O2. The van der Waals surface area contributed by atoms with Crippen molar-refractivity contribution in [1.82, 2.24) is 0 Å². The maximum absolute atomic E-state index is 11.2. The number of carbonyl (C=O) groups is 1. The molecule has 1 unspecified atom stereocenters. The van der Waals surface area contributed by atoms with Gasteiger partial charge in [0.2, 0.25) is 0 Å². The minimum Gasteiger partial charge on any atom is -0.389 e. The molecule has 2 nitrogen and oxygen atoms in total. The van der Waals surface area contributed by atoms with Crippen LogP contribution in [-0.2, 0) is 0 Å². The molecule has 0 heterocycles. The molecule has 0 aliphatic heterocycles. The zero-order valence-electron chi connectivity index (χ0n) is 10.6. The maximum atomic E-state index is 11.2. The highest BCUT2D eigenvalue weighted by molar-refractivity contribution is 5.94. The van der Waals surface area contributed by atoms with Crippen LogP contribution in [0.3, 0.4) is 0 Å². The number of aliphatic hydroxyl groups is 1. The highest BCUT2D eigenvalue weighted by atomic mass is 16.3. The third-order valence-electron chi connectivity index (χ3n) is 3.02. The molecule has 0 spiro atoms. The standard InChI is InChI=1S/C16H16O2/c1-11(17)13-3-7-15(8-4-13)16-9-5-14(6-10-16)12(2)18/h3-11,17H,1-2H3. The van der Waals surface area contributed by atoms with E-state index in [9.17, 15) is 9.90 Å². The SMILES string of the molecule is CC(=O)c1ccc(-c2ccc(C(C)O)cc2)cc1. The molecule has 2 aromatic carbocycles. The molecule has 2 aromatic rings. The highest BCUT2D eigenvalue weighted by Crippen LogP contribution is 2.22. The Labute approximate surface area is 107 Å². The van der Waals surface area contributed by atoms with Crippen LogP contribution in [0.2, 0.25) is 0 Å². The highest BCUT2D eigenvalue weighted by Gasteiger charge is 2.03. The van der Waals surface area contributed by atoms with Crippen LogP contribution in [0.1, 0.15) is 35.9 Å². The first-order valence-electron chi connectivity index (χ1n) is 5.97. The van der Waals surface area contributed by atoms with Gasteiger partial charge in [-0.25, -0.2) is 0 Å². The second-order valence-electron chi connectivity index (χ2n) is 4.43. The van der Waals surface area contributed by atoms with Gasteiger partial charge in [-0.05, 0) is 30.5 Å². The predicted octanol–water partition coefficient (Wildman–Crippen LogP) is 3.61. The molecule has 0 amide bonds. The monoisotopic (exact) mass is 240 g/mol. The topological polar surface area (TPSA) is 37.3 Å². The van der Waals surface area contributed by atoms with E-state index in [4.69, 9.17) is 0 Å². The Balaban J connectivity index is 2.28. The van der Waals surface area contributed by atoms with Crippen molar-refractivity contribution in [3.05, 3.63) is 59.7 Å². The molecule has 0 aliphatic rings. The number of carbonyl (C=O) groups excluding carboxylic acids is 1. The minimum absolute atomic E-state index is 0.0750. The quantitative estimate of drug-likeness (QED) is 0.832. The number of hydrogen-bond donors (Lipinski definition) is 1. The Bertz CT molecular complexity index is 536. The van der Waals surface area contributed by atoms with Crippen LogP contribution in [0.25, 0.3) is 11.1 Å². The molecule has 0 aromatic heterocycles. The normalized spacial score (nSPS) is 12.2. The van der Waals surface area contributed by atoms with Gasteiger partial charge in [0.05, 0.1) is 6.10 Å². The van der Waals surface area contributed by atoms with Crippen molar-refractivity contribution in [3.8, 4) is 11.1 Å². The Morgan fingerprint density at radius 3 is 1.78 bits per heavy atom. The van der Waals surface area contributed by atoms with Crippen molar-refractivity contribution in [1.29, 1.82) is 0 Å². The summed E-state index contributed by atoms with van der Waals surface area (Å²) in [5.41, 5.74) is 3.77. The Morgan fingerprint density at radius 1 is 0.944 bits per heavy atom. The second kappa shape index (κ2) is 5.15. The summed E-state index contributed by atoms with van der Waals surface area (Å²) >= 11 is 0. The largest absolute Gasteiger partial charge is 0.389 e. The Morgan fingerprint density at radius 2 is 1.39 bits per heavy atom. The van der Waals surface area contributed by atoms with E-state index in [1.54, 1.807) is 13.8 Å². The fraction of sp³-hybridized carbons (Fsp3) is 0.188. The summed E-state index contributed by atoms with van der Waals surface area (Å²) in [6.45, 7) is 3.31. The predicted molar refractivity (Wildman–Crippen MR) is 72.5 cm³/mol. The zero-order chi connectivity index (χ0) is 13.1. The number of aliphatic hydroxyl groups excluding tert-OH is 1. The molecular weight excluding hydrogens is 224 g/mol. The van der Waals surface area contributed by atoms with Gasteiger partial charge in [0, 0.05) is 5.56 Å². The van der Waals surface area contributed by atoms with Crippen LogP contribution in [0.5, 0.6) is 0 Å². The first-order chi connectivity index (χ1) is 8.58. The van der Waals surface area contributed by atoms with E-state index in [0.29, 0.717) is 0 Å². The van der Waals surface area contributed by atoms with Gasteiger partial charge in [-0.2, -0.15) is 0 Å². The fourth-order valence-electron chi connectivity index (χ4n) is 1.85. The van der Waals surface area contributed by atoms with E-state index in [1.807, 2.05) is 48.5 Å². The van der Waals surface area contributed by atoms with Crippen molar-refractivity contribution in [2.45, 2.75) is 20.0 Å².